The number of aryl methyl sites for hydroxylation is 1. The lowest BCUT2D eigenvalue weighted by molar-refractivity contribution is -0.693. The molecule has 0 saturated heterocycles. The van der Waals surface area contributed by atoms with Crippen molar-refractivity contribution in [3.63, 3.8) is 0 Å². The third-order valence-corrected chi connectivity index (χ3v) is 9.76. The highest BCUT2D eigenvalue weighted by atomic mass is 32.3. The number of hydrogen-bond acceptors (Lipinski definition) is 5. The van der Waals surface area contributed by atoms with E-state index < -0.39 is 10.4 Å². The first kappa shape index (κ1) is 44.9. The maximum Gasteiger partial charge on any atom is 0.217 e. The van der Waals surface area contributed by atoms with E-state index in [-0.39, 0.29) is 6.61 Å². The zero-order valence-corrected chi connectivity index (χ0v) is 33.6. The van der Waals surface area contributed by atoms with E-state index in [4.69, 9.17) is 0 Å². The molecule has 0 radical (unpaired) electrons. The minimum atomic E-state index is -4.42. The Morgan fingerprint density at radius 3 is 1.21 bits per heavy atom. The van der Waals surface area contributed by atoms with Crippen LogP contribution in [0.1, 0.15) is 153 Å². The molecule has 1 aromatic heterocycles. The van der Waals surface area contributed by atoms with E-state index in [1.807, 2.05) is 0 Å². The van der Waals surface area contributed by atoms with Crippen LogP contribution in [0, 0.1) is 0 Å². The van der Waals surface area contributed by atoms with Gasteiger partial charge in [-0.15, -0.1) is 0 Å². The van der Waals surface area contributed by atoms with Gasteiger partial charge in [0.1, 0.15) is 6.54 Å². The van der Waals surface area contributed by atoms with Gasteiger partial charge in [0.2, 0.25) is 10.4 Å². The summed E-state index contributed by atoms with van der Waals surface area (Å²) in [5, 5.41) is 0. The molecular formula is C45H68N2O4S. The van der Waals surface area contributed by atoms with Crippen molar-refractivity contribution in [3.05, 3.63) is 95.3 Å². The van der Waals surface area contributed by atoms with Crippen molar-refractivity contribution < 1.29 is 21.7 Å². The fourth-order valence-corrected chi connectivity index (χ4v) is 6.37. The molecule has 0 N–H and O–H groups in total. The number of anilines is 1. The Balaban J connectivity index is 0.00000121. The molecule has 288 valence electrons. The summed E-state index contributed by atoms with van der Waals surface area (Å²) in [6, 6.07) is 22.4. The number of hydrogen-bond donors (Lipinski definition) is 0. The standard InChI is InChI=1S/C43H63N2.C2H6O4S/c1-4-7-9-11-13-15-17-19-35-45(36-20-18-16-14-12-10-8-5-2)43-31-29-41(30-32-43)26-25-39-21-23-40(24-22-39)27-28-42-33-37-44(6-3)38-34-42;1-2-6-7(3,4)5/h21-34,37-38H,4-20,35-36H2,1-3H3;2H2,1H3,(H,3,4,5)/q+1;/p-1. The Kier molecular flexibility index (Phi) is 24.4. The number of rotatable bonds is 26. The van der Waals surface area contributed by atoms with Crippen LogP contribution in [0.15, 0.2) is 73.1 Å². The van der Waals surface area contributed by atoms with Crippen LogP contribution >= 0.6 is 0 Å². The quantitative estimate of drug-likeness (QED) is 0.0270. The molecule has 0 bridgehead atoms. The van der Waals surface area contributed by atoms with Crippen LogP contribution in [0.3, 0.4) is 0 Å². The smallest absolute Gasteiger partial charge is 0.217 e. The minimum absolute atomic E-state index is 0.0914. The van der Waals surface area contributed by atoms with Gasteiger partial charge < -0.3 is 9.45 Å². The lowest BCUT2D eigenvalue weighted by Gasteiger charge is -2.25. The van der Waals surface area contributed by atoms with Crippen LogP contribution < -0.4 is 9.47 Å². The zero-order chi connectivity index (χ0) is 37.7. The first-order valence-corrected chi connectivity index (χ1v) is 21.5. The molecule has 6 nitrogen and oxygen atoms in total. The normalized spacial score (nSPS) is 11.6. The summed E-state index contributed by atoms with van der Waals surface area (Å²) in [5.74, 6) is 0. The van der Waals surface area contributed by atoms with E-state index >= 15 is 0 Å². The number of nitrogens with zero attached hydrogens (tertiary/aromatic N) is 2. The Bertz CT molecular complexity index is 1450. The summed E-state index contributed by atoms with van der Waals surface area (Å²) >= 11 is 0. The summed E-state index contributed by atoms with van der Waals surface area (Å²) in [6.45, 7) is 11.5. The van der Waals surface area contributed by atoms with Gasteiger partial charge >= 0.3 is 0 Å². The van der Waals surface area contributed by atoms with E-state index in [1.165, 1.54) is 151 Å². The Morgan fingerprint density at radius 1 is 0.538 bits per heavy atom. The summed E-state index contributed by atoms with van der Waals surface area (Å²) in [5.41, 5.74) is 6.32. The van der Waals surface area contributed by atoms with E-state index in [1.54, 1.807) is 0 Å². The van der Waals surface area contributed by atoms with Gasteiger partial charge in [0.05, 0.1) is 6.61 Å². The first-order valence-electron chi connectivity index (χ1n) is 20.2. The predicted octanol–water partition coefficient (Wildman–Crippen LogP) is 11.9. The second-order valence-corrected chi connectivity index (χ2v) is 14.7. The topological polar surface area (TPSA) is 73.5 Å². The number of unbranched alkanes of at least 4 members (excludes halogenated alkanes) is 14. The predicted molar refractivity (Wildman–Crippen MR) is 222 cm³/mol. The number of aromatic nitrogens is 1. The van der Waals surface area contributed by atoms with Crippen molar-refractivity contribution in [1.29, 1.82) is 0 Å². The molecule has 0 aliphatic rings. The van der Waals surface area contributed by atoms with Crippen LogP contribution in [0.25, 0.3) is 24.3 Å². The lowest BCUT2D eigenvalue weighted by atomic mass is 10.1. The summed E-state index contributed by atoms with van der Waals surface area (Å²) < 4.78 is 34.2. The molecule has 0 aliphatic carbocycles. The third kappa shape index (κ3) is 22.0. The highest BCUT2D eigenvalue weighted by Gasteiger charge is 2.07. The van der Waals surface area contributed by atoms with Crippen LogP contribution in [-0.4, -0.2) is 32.7 Å². The van der Waals surface area contributed by atoms with E-state index in [0.717, 1.165) is 6.54 Å². The van der Waals surface area contributed by atoms with Crippen molar-refractivity contribution in [2.75, 3.05) is 24.6 Å². The largest absolute Gasteiger partial charge is 0.726 e. The minimum Gasteiger partial charge on any atom is -0.726 e. The highest BCUT2D eigenvalue weighted by Crippen LogP contribution is 2.20. The van der Waals surface area contributed by atoms with Gasteiger partial charge in [0, 0.05) is 30.9 Å². The monoisotopic (exact) mass is 732 g/mol. The molecule has 0 aliphatic heterocycles. The highest BCUT2D eigenvalue weighted by molar-refractivity contribution is 7.80. The zero-order valence-electron chi connectivity index (χ0n) is 32.8. The Labute approximate surface area is 318 Å². The van der Waals surface area contributed by atoms with Crippen LogP contribution in [0.5, 0.6) is 0 Å². The average Bonchev–Trinajstić information content (AvgIpc) is 3.15. The molecule has 0 spiro atoms. The second kappa shape index (κ2) is 28.3. The number of pyridine rings is 1. The van der Waals surface area contributed by atoms with Crippen molar-refractivity contribution >= 4 is 40.4 Å². The molecule has 2 aromatic carbocycles. The second-order valence-electron chi connectivity index (χ2n) is 13.6. The van der Waals surface area contributed by atoms with Gasteiger partial charge in [-0.1, -0.05) is 164 Å². The Morgan fingerprint density at radius 2 is 0.885 bits per heavy atom. The molecule has 1 heterocycles. The van der Waals surface area contributed by atoms with Crippen LogP contribution in [0.4, 0.5) is 5.69 Å². The van der Waals surface area contributed by atoms with Crippen molar-refractivity contribution in [2.24, 2.45) is 0 Å². The molecule has 0 atom stereocenters. The van der Waals surface area contributed by atoms with Gasteiger partial charge in [-0.2, -0.15) is 0 Å². The van der Waals surface area contributed by atoms with Gasteiger partial charge in [0.25, 0.3) is 0 Å². The summed E-state index contributed by atoms with van der Waals surface area (Å²) in [6.07, 6.45) is 35.2. The molecule has 0 fully saturated rings. The molecule has 3 aromatic rings. The van der Waals surface area contributed by atoms with E-state index in [0.29, 0.717) is 0 Å². The van der Waals surface area contributed by atoms with Crippen molar-refractivity contribution in [3.8, 4) is 0 Å². The molecule has 52 heavy (non-hydrogen) atoms. The average molecular weight is 733 g/mol. The van der Waals surface area contributed by atoms with Gasteiger partial charge in [0.15, 0.2) is 12.4 Å². The van der Waals surface area contributed by atoms with Gasteiger partial charge in [-0.05, 0) is 61.1 Å². The van der Waals surface area contributed by atoms with Gasteiger partial charge in [-0.3, -0.25) is 4.18 Å². The first-order chi connectivity index (χ1) is 25.3. The fraction of sp³-hybridized carbons (Fsp3) is 0.533. The van der Waals surface area contributed by atoms with E-state index in [2.05, 4.69) is 132 Å². The fourth-order valence-electron chi connectivity index (χ4n) is 6.08. The molecule has 0 amide bonds. The third-order valence-electron chi connectivity index (χ3n) is 9.24. The maximum absolute atomic E-state index is 9.45. The van der Waals surface area contributed by atoms with Crippen LogP contribution in [0.2, 0.25) is 0 Å². The van der Waals surface area contributed by atoms with Crippen molar-refractivity contribution in [1.82, 2.24) is 0 Å². The molecule has 3 rings (SSSR count). The SMILES string of the molecule is CCCCCCCCCCN(CCCCCCCCCC)c1ccc(C=Cc2ccc(C=Cc3cc[n+](CC)cc3)cc2)cc1.CCOS(=O)(=O)[O-]. The van der Waals surface area contributed by atoms with Crippen molar-refractivity contribution in [2.45, 2.75) is 137 Å². The molecule has 0 unspecified atom stereocenters. The maximum atomic E-state index is 9.45. The molecule has 7 heteroatoms. The van der Waals surface area contributed by atoms with Crippen LogP contribution in [-0.2, 0) is 21.1 Å². The molecular weight excluding hydrogens is 665 g/mol. The van der Waals surface area contributed by atoms with E-state index in [9.17, 15) is 13.0 Å². The Hall–Kier alpha value is -3.26. The summed E-state index contributed by atoms with van der Waals surface area (Å²) in [7, 11) is -4.42. The molecule has 0 saturated carbocycles. The summed E-state index contributed by atoms with van der Waals surface area (Å²) in [4.78, 5) is 2.66. The van der Waals surface area contributed by atoms with Gasteiger partial charge in [-0.25, -0.2) is 13.0 Å². The lowest BCUT2D eigenvalue weighted by Crippen LogP contribution is -2.30. The number of benzene rings is 2.